The topological polar surface area (TPSA) is 49.6 Å². The predicted molar refractivity (Wildman–Crippen MR) is 99.9 cm³/mol. The SMILES string of the molecule is Cc1nc(-c2ccccc2)nc(-c2ccc3ccccc3c2)c1C#N. The summed E-state index contributed by atoms with van der Waals surface area (Å²) < 4.78 is 0. The summed E-state index contributed by atoms with van der Waals surface area (Å²) in [6.45, 7) is 1.86. The minimum Gasteiger partial charge on any atom is -0.232 e. The summed E-state index contributed by atoms with van der Waals surface area (Å²) in [5.41, 5.74) is 3.77. The maximum Gasteiger partial charge on any atom is 0.160 e. The van der Waals surface area contributed by atoms with Crippen molar-refractivity contribution >= 4 is 10.8 Å². The van der Waals surface area contributed by atoms with Crippen molar-refractivity contribution < 1.29 is 0 Å². The third-order valence-electron chi connectivity index (χ3n) is 4.26. The van der Waals surface area contributed by atoms with Crippen LogP contribution in [-0.2, 0) is 0 Å². The van der Waals surface area contributed by atoms with Gasteiger partial charge in [-0.15, -0.1) is 0 Å². The van der Waals surface area contributed by atoms with E-state index in [4.69, 9.17) is 4.98 Å². The summed E-state index contributed by atoms with van der Waals surface area (Å²) in [4.78, 5) is 9.25. The van der Waals surface area contributed by atoms with Crippen LogP contribution in [0.1, 0.15) is 11.3 Å². The second kappa shape index (κ2) is 6.18. The second-order valence-electron chi connectivity index (χ2n) is 5.90. The van der Waals surface area contributed by atoms with Crippen LogP contribution in [0, 0.1) is 18.3 Å². The second-order valence-corrected chi connectivity index (χ2v) is 5.90. The zero-order chi connectivity index (χ0) is 17.2. The first-order valence-corrected chi connectivity index (χ1v) is 8.09. The molecule has 0 amide bonds. The Balaban J connectivity index is 1.95. The Hall–Kier alpha value is -3.51. The molecule has 0 atom stereocenters. The Morgan fingerprint density at radius 1 is 0.760 bits per heavy atom. The largest absolute Gasteiger partial charge is 0.232 e. The molecule has 0 spiro atoms. The minimum atomic E-state index is 0.523. The van der Waals surface area contributed by atoms with Gasteiger partial charge in [0.05, 0.1) is 17.0 Å². The van der Waals surface area contributed by atoms with Crippen molar-refractivity contribution in [3.63, 3.8) is 0 Å². The van der Waals surface area contributed by atoms with E-state index < -0.39 is 0 Å². The fourth-order valence-corrected chi connectivity index (χ4v) is 2.97. The molecule has 25 heavy (non-hydrogen) atoms. The molecule has 0 aliphatic carbocycles. The van der Waals surface area contributed by atoms with Crippen LogP contribution in [0.25, 0.3) is 33.4 Å². The molecule has 3 nitrogen and oxygen atoms in total. The van der Waals surface area contributed by atoms with Crippen molar-refractivity contribution in [2.75, 3.05) is 0 Å². The molecule has 0 unspecified atom stereocenters. The highest BCUT2D eigenvalue weighted by atomic mass is 14.9. The molecular weight excluding hydrogens is 306 g/mol. The van der Waals surface area contributed by atoms with E-state index in [1.165, 1.54) is 5.39 Å². The highest BCUT2D eigenvalue weighted by Crippen LogP contribution is 2.28. The first kappa shape index (κ1) is 15.0. The molecule has 0 saturated heterocycles. The van der Waals surface area contributed by atoms with Gasteiger partial charge in [-0.25, -0.2) is 9.97 Å². The van der Waals surface area contributed by atoms with Gasteiger partial charge in [-0.05, 0) is 23.8 Å². The van der Waals surface area contributed by atoms with Crippen LogP contribution in [-0.4, -0.2) is 9.97 Å². The van der Waals surface area contributed by atoms with Crippen LogP contribution < -0.4 is 0 Å². The highest BCUT2D eigenvalue weighted by molar-refractivity contribution is 5.87. The number of rotatable bonds is 2. The van der Waals surface area contributed by atoms with Crippen LogP contribution in [0.5, 0.6) is 0 Å². The van der Waals surface area contributed by atoms with Gasteiger partial charge in [0.2, 0.25) is 0 Å². The molecule has 4 aromatic rings. The van der Waals surface area contributed by atoms with Gasteiger partial charge in [0.15, 0.2) is 5.82 Å². The Morgan fingerprint density at radius 3 is 2.24 bits per heavy atom. The monoisotopic (exact) mass is 321 g/mol. The average Bonchev–Trinajstić information content (AvgIpc) is 2.67. The van der Waals surface area contributed by atoms with E-state index in [1.807, 2.05) is 55.5 Å². The summed E-state index contributed by atoms with van der Waals surface area (Å²) >= 11 is 0. The summed E-state index contributed by atoms with van der Waals surface area (Å²) in [5.74, 6) is 0.639. The molecule has 0 bridgehead atoms. The van der Waals surface area contributed by atoms with Gasteiger partial charge < -0.3 is 0 Å². The average molecular weight is 321 g/mol. The lowest BCUT2D eigenvalue weighted by Crippen LogP contribution is -2.00. The van der Waals surface area contributed by atoms with Gasteiger partial charge in [-0.3, -0.25) is 0 Å². The van der Waals surface area contributed by atoms with Crippen LogP contribution in [0.3, 0.4) is 0 Å². The number of hydrogen-bond donors (Lipinski definition) is 0. The lowest BCUT2D eigenvalue weighted by atomic mass is 10.0. The predicted octanol–water partition coefficient (Wildman–Crippen LogP) is 5.14. The van der Waals surface area contributed by atoms with Gasteiger partial charge >= 0.3 is 0 Å². The molecular formula is C22H15N3. The Labute approximate surface area is 146 Å². The maximum absolute atomic E-state index is 9.61. The number of aryl methyl sites for hydroxylation is 1. The lowest BCUT2D eigenvalue weighted by molar-refractivity contribution is 1.10. The molecule has 1 aromatic heterocycles. The summed E-state index contributed by atoms with van der Waals surface area (Å²) in [6.07, 6.45) is 0. The van der Waals surface area contributed by atoms with E-state index in [9.17, 15) is 5.26 Å². The molecule has 4 rings (SSSR count). The van der Waals surface area contributed by atoms with E-state index in [1.54, 1.807) is 0 Å². The molecule has 0 aliphatic heterocycles. The van der Waals surface area contributed by atoms with E-state index >= 15 is 0 Å². The summed E-state index contributed by atoms with van der Waals surface area (Å²) in [7, 11) is 0. The highest BCUT2D eigenvalue weighted by Gasteiger charge is 2.14. The Bertz CT molecular complexity index is 1110. The van der Waals surface area contributed by atoms with E-state index in [-0.39, 0.29) is 0 Å². The number of nitriles is 1. The van der Waals surface area contributed by atoms with Crippen molar-refractivity contribution in [1.82, 2.24) is 9.97 Å². The zero-order valence-corrected chi connectivity index (χ0v) is 13.8. The minimum absolute atomic E-state index is 0.523. The number of aromatic nitrogens is 2. The molecule has 0 N–H and O–H groups in total. The molecule has 3 heteroatoms. The van der Waals surface area contributed by atoms with Crippen molar-refractivity contribution in [2.45, 2.75) is 6.92 Å². The van der Waals surface area contributed by atoms with Crippen LogP contribution in [0.2, 0.25) is 0 Å². The standard InChI is InChI=1S/C22H15N3/c1-15-20(14-23)21(25-22(24-15)17-8-3-2-4-9-17)19-12-11-16-7-5-6-10-18(16)13-19/h2-13H,1H3. The third-order valence-corrected chi connectivity index (χ3v) is 4.26. The van der Waals surface area contributed by atoms with Gasteiger partial charge in [0.25, 0.3) is 0 Å². The number of fused-ring (bicyclic) bond motifs is 1. The van der Waals surface area contributed by atoms with Crippen LogP contribution >= 0.6 is 0 Å². The molecule has 0 fully saturated rings. The Kier molecular flexibility index (Phi) is 3.72. The normalized spacial score (nSPS) is 10.6. The molecule has 0 aliphatic rings. The smallest absolute Gasteiger partial charge is 0.160 e. The quantitative estimate of drug-likeness (QED) is 0.513. The number of hydrogen-bond acceptors (Lipinski definition) is 3. The fourth-order valence-electron chi connectivity index (χ4n) is 2.97. The molecule has 118 valence electrons. The molecule has 1 heterocycles. The van der Waals surface area contributed by atoms with Crippen molar-refractivity contribution in [3.05, 3.63) is 84.1 Å². The Morgan fingerprint density at radius 2 is 1.48 bits per heavy atom. The number of nitrogens with zero attached hydrogens (tertiary/aromatic N) is 3. The van der Waals surface area contributed by atoms with Crippen LogP contribution in [0.4, 0.5) is 0 Å². The summed E-state index contributed by atoms with van der Waals surface area (Å²) in [5, 5.41) is 11.9. The maximum atomic E-state index is 9.61. The molecule has 0 saturated carbocycles. The van der Waals surface area contributed by atoms with Gasteiger partial charge in [0.1, 0.15) is 6.07 Å². The van der Waals surface area contributed by atoms with Gasteiger partial charge in [-0.2, -0.15) is 5.26 Å². The van der Waals surface area contributed by atoms with Gasteiger partial charge in [0, 0.05) is 11.1 Å². The fraction of sp³-hybridized carbons (Fsp3) is 0.0455. The third kappa shape index (κ3) is 2.75. The van der Waals surface area contributed by atoms with E-state index in [2.05, 4.69) is 35.3 Å². The number of benzene rings is 3. The van der Waals surface area contributed by atoms with Gasteiger partial charge in [-0.1, -0.05) is 66.7 Å². The van der Waals surface area contributed by atoms with Crippen molar-refractivity contribution in [3.8, 4) is 28.7 Å². The first-order chi connectivity index (χ1) is 12.3. The van der Waals surface area contributed by atoms with Crippen LogP contribution in [0.15, 0.2) is 72.8 Å². The first-order valence-electron chi connectivity index (χ1n) is 8.09. The zero-order valence-electron chi connectivity index (χ0n) is 13.8. The van der Waals surface area contributed by atoms with Crippen molar-refractivity contribution in [2.24, 2.45) is 0 Å². The molecule has 3 aromatic carbocycles. The van der Waals surface area contributed by atoms with E-state index in [0.717, 1.165) is 16.5 Å². The lowest BCUT2D eigenvalue weighted by Gasteiger charge is -2.10. The summed E-state index contributed by atoms with van der Waals surface area (Å²) in [6, 6.07) is 26.4. The van der Waals surface area contributed by atoms with Crippen molar-refractivity contribution in [1.29, 1.82) is 5.26 Å². The molecule has 0 radical (unpaired) electrons. The van der Waals surface area contributed by atoms with E-state index in [0.29, 0.717) is 22.8 Å².